The van der Waals surface area contributed by atoms with Crippen LogP contribution in [0.4, 0.5) is 11.5 Å². The van der Waals surface area contributed by atoms with Gasteiger partial charge in [-0.1, -0.05) is 12.1 Å². The van der Waals surface area contributed by atoms with Gasteiger partial charge in [0, 0.05) is 42.3 Å². The first kappa shape index (κ1) is 19.0. The summed E-state index contributed by atoms with van der Waals surface area (Å²) in [6.45, 7) is 1.12. The van der Waals surface area contributed by atoms with E-state index in [0.717, 1.165) is 47.6 Å². The Bertz CT molecular complexity index is 1180. The van der Waals surface area contributed by atoms with E-state index in [9.17, 15) is 8.42 Å². The topological polar surface area (TPSA) is 88.1 Å². The van der Waals surface area contributed by atoms with Crippen molar-refractivity contribution in [3.63, 3.8) is 0 Å². The summed E-state index contributed by atoms with van der Waals surface area (Å²) in [6, 6.07) is 11.6. The smallest absolute Gasteiger partial charge is 0.235 e. The van der Waals surface area contributed by atoms with Crippen molar-refractivity contribution in [2.45, 2.75) is 32.2 Å². The first-order valence-corrected chi connectivity index (χ1v) is 11.8. The predicted molar refractivity (Wildman–Crippen MR) is 117 cm³/mol. The predicted octanol–water partition coefficient (Wildman–Crippen LogP) is 3.18. The van der Waals surface area contributed by atoms with E-state index >= 15 is 0 Å². The summed E-state index contributed by atoms with van der Waals surface area (Å²) in [7, 11) is -3.18. The van der Waals surface area contributed by atoms with Crippen LogP contribution < -0.4 is 9.62 Å². The normalized spacial score (nSPS) is 17.1. The number of fused-ring (bicyclic) bond motifs is 1. The molecule has 2 aromatic heterocycles. The molecule has 1 N–H and O–H groups in total. The molecule has 1 aliphatic carbocycles. The molecule has 1 aliphatic heterocycles. The van der Waals surface area contributed by atoms with Crippen LogP contribution in [0, 0.1) is 0 Å². The molecule has 2 aliphatic rings. The summed E-state index contributed by atoms with van der Waals surface area (Å²) < 4.78 is 26.0. The van der Waals surface area contributed by atoms with Crippen LogP contribution in [0.3, 0.4) is 0 Å². The number of sulfonamides is 1. The number of benzene rings is 1. The second-order valence-electron chi connectivity index (χ2n) is 7.68. The third-order valence-corrected chi connectivity index (χ3v) is 7.50. The zero-order valence-electron chi connectivity index (χ0n) is 16.6. The van der Waals surface area contributed by atoms with Crippen LogP contribution in [-0.2, 0) is 29.4 Å². The van der Waals surface area contributed by atoms with Gasteiger partial charge in [0.05, 0.1) is 11.4 Å². The maximum atomic E-state index is 12.2. The molecule has 0 spiro atoms. The van der Waals surface area contributed by atoms with Crippen molar-refractivity contribution in [2.24, 2.45) is 0 Å². The van der Waals surface area contributed by atoms with E-state index in [-0.39, 0.29) is 5.75 Å². The maximum absolute atomic E-state index is 12.2. The van der Waals surface area contributed by atoms with E-state index < -0.39 is 10.0 Å². The van der Waals surface area contributed by atoms with Gasteiger partial charge in [-0.3, -0.25) is 9.29 Å². The third-order valence-electron chi connectivity index (χ3n) is 5.63. The van der Waals surface area contributed by atoms with Crippen LogP contribution >= 0.6 is 0 Å². The molecule has 0 radical (unpaired) electrons. The SMILES string of the molecule is O=S1(=O)CCCN1c1cccc(CNc2nc(-c3ccncc3)nc3c2CCC3)c1. The van der Waals surface area contributed by atoms with Gasteiger partial charge in [0.15, 0.2) is 5.82 Å². The Morgan fingerprint density at radius 2 is 1.90 bits per heavy atom. The number of rotatable bonds is 5. The van der Waals surface area contributed by atoms with E-state index in [1.165, 1.54) is 9.87 Å². The summed E-state index contributed by atoms with van der Waals surface area (Å²) in [5, 5.41) is 3.48. The summed E-state index contributed by atoms with van der Waals surface area (Å²) in [6.07, 6.45) is 7.19. The monoisotopic (exact) mass is 421 g/mol. The molecule has 0 bridgehead atoms. The fourth-order valence-corrected chi connectivity index (χ4v) is 5.70. The van der Waals surface area contributed by atoms with E-state index in [1.807, 2.05) is 36.4 Å². The molecule has 3 aromatic rings. The van der Waals surface area contributed by atoms with Crippen molar-refractivity contribution < 1.29 is 8.42 Å². The summed E-state index contributed by atoms with van der Waals surface area (Å²) >= 11 is 0. The van der Waals surface area contributed by atoms with Crippen LogP contribution in [0.25, 0.3) is 11.4 Å². The van der Waals surface area contributed by atoms with Crippen LogP contribution in [0.15, 0.2) is 48.8 Å². The number of anilines is 2. The number of nitrogens with zero attached hydrogens (tertiary/aromatic N) is 4. The zero-order chi connectivity index (χ0) is 20.6. The van der Waals surface area contributed by atoms with Crippen LogP contribution in [0.1, 0.15) is 29.7 Å². The minimum absolute atomic E-state index is 0.223. The zero-order valence-corrected chi connectivity index (χ0v) is 17.4. The lowest BCUT2D eigenvalue weighted by atomic mass is 10.1. The Morgan fingerprint density at radius 1 is 1.03 bits per heavy atom. The van der Waals surface area contributed by atoms with Gasteiger partial charge >= 0.3 is 0 Å². The van der Waals surface area contributed by atoms with E-state index in [4.69, 9.17) is 9.97 Å². The van der Waals surface area contributed by atoms with Gasteiger partial charge in [-0.25, -0.2) is 18.4 Å². The van der Waals surface area contributed by atoms with E-state index in [0.29, 0.717) is 25.3 Å². The van der Waals surface area contributed by atoms with E-state index in [1.54, 1.807) is 12.4 Å². The Labute approximate surface area is 176 Å². The van der Waals surface area contributed by atoms with E-state index in [2.05, 4.69) is 10.3 Å². The maximum Gasteiger partial charge on any atom is 0.235 e. The van der Waals surface area contributed by atoms with Gasteiger partial charge in [-0.2, -0.15) is 0 Å². The van der Waals surface area contributed by atoms with Gasteiger partial charge < -0.3 is 5.32 Å². The summed E-state index contributed by atoms with van der Waals surface area (Å²) in [4.78, 5) is 13.6. The summed E-state index contributed by atoms with van der Waals surface area (Å²) in [5.74, 6) is 1.79. The molecule has 1 fully saturated rings. The lowest BCUT2D eigenvalue weighted by Crippen LogP contribution is -2.25. The van der Waals surface area contributed by atoms with Gasteiger partial charge in [-0.15, -0.1) is 0 Å². The Morgan fingerprint density at radius 3 is 2.70 bits per heavy atom. The average Bonchev–Trinajstić information content (AvgIpc) is 3.38. The minimum Gasteiger partial charge on any atom is -0.366 e. The standard InChI is InChI=1S/C22H23N5O2S/c28-30(29)13-3-12-27(30)18-5-1-4-16(14-18)15-24-22-19-6-2-7-20(19)25-21(26-22)17-8-10-23-11-9-17/h1,4-5,8-11,14H,2-3,6-7,12-13,15H2,(H,24,25,26). The highest BCUT2D eigenvalue weighted by molar-refractivity contribution is 7.93. The molecule has 1 saturated heterocycles. The first-order chi connectivity index (χ1) is 14.6. The molecule has 3 heterocycles. The number of hydrogen-bond donors (Lipinski definition) is 1. The average molecular weight is 422 g/mol. The van der Waals surface area contributed by atoms with Crippen molar-refractivity contribution in [3.05, 3.63) is 65.6 Å². The number of aromatic nitrogens is 3. The largest absolute Gasteiger partial charge is 0.366 e. The fraction of sp³-hybridized carbons (Fsp3) is 0.318. The first-order valence-electron chi connectivity index (χ1n) is 10.2. The van der Waals surface area contributed by atoms with Crippen LogP contribution in [-0.4, -0.2) is 35.7 Å². The highest BCUT2D eigenvalue weighted by Gasteiger charge is 2.28. The Hall–Kier alpha value is -3.00. The lowest BCUT2D eigenvalue weighted by Gasteiger charge is -2.18. The minimum atomic E-state index is -3.18. The van der Waals surface area contributed by atoms with Gasteiger partial charge in [0.1, 0.15) is 5.82 Å². The van der Waals surface area contributed by atoms with Crippen molar-refractivity contribution in [1.29, 1.82) is 0 Å². The molecular weight excluding hydrogens is 398 g/mol. The third kappa shape index (κ3) is 3.63. The molecular formula is C22H23N5O2S. The highest BCUT2D eigenvalue weighted by Crippen LogP contribution is 2.30. The Balaban J connectivity index is 1.41. The number of nitrogens with one attached hydrogen (secondary N) is 1. The number of pyridine rings is 1. The van der Waals surface area contributed by atoms with Crippen molar-refractivity contribution >= 4 is 21.5 Å². The molecule has 0 unspecified atom stereocenters. The molecule has 8 heteroatoms. The molecule has 1 aromatic carbocycles. The highest BCUT2D eigenvalue weighted by atomic mass is 32.2. The molecule has 0 atom stereocenters. The second-order valence-corrected chi connectivity index (χ2v) is 9.69. The van der Waals surface area contributed by atoms with Crippen LogP contribution in [0.2, 0.25) is 0 Å². The number of aryl methyl sites for hydroxylation is 1. The molecule has 7 nitrogen and oxygen atoms in total. The molecule has 0 saturated carbocycles. The molecule has 0 amide bonds. The molecule has 30 heavy (non-hydrogen) atoms. The van der Waals surface area contributed by atoms with Gasteiger partial charge in [-0.05, 0) is 55.5 Å². The van der Waals surface area contributed by atoms with Gasteiger partial charge in [0.25, 0.3) is 0 Å². The van der Waals surface area contributed by atoms with Crippen molar-refractivity contribution in [1.82, 2.24) is 15.0 Å². The number of hydrogen-bond acceptors (Lipinski definition) is 6. The fourth-order valence-electron chi connectivity index (χ4n) is 4.15. The second kappa shape index (κ2) is 7.68. The quantitative estimate of drug-likeness (QED) is 0.681. The lowest BCUT2D eigenvalue weighted by molar-refractivity contribution is 0.599. The van der Waals surface area contributed by atoms with Gasteiger partial charge in [0.2, 0.25) is 10.0 Å². The van der Waals surface area contributed by atoms with Crippen molar-refractivity contribution in [2.75, 3.05) is 21.9 Å². The summed E-state index contributed by atoms with van der Waals surface area (Å²) in [5.41, 5.74) is 4.99. The van der Waals surface area contributed by atoms with Crippen molar-refractivity contribution in [3.8, 4) is 11.4 Å². The Kier molecular flexibility index (Phi) is 4.86. The molecule has 5 rings (SSSR count). The molecule has 154 valence electrons. The van der Waals surface area contributed by atoms with Crippen LogP contribution in [0.5, 0.6) is 0 Å².